The van der Waals surface area contributed by atoms with E-state index in [9.17, 15) is 4.39 Å². The maximum absolute atomic E-state index is 14.1. The van der Waals surface area contributed by atoms with Crippen LogP contribution in [-0.2, 0) is 6.42 Å². The standard InChI is InChI=1S/C17H20FN/c1-4-13-5-7-14(8-6-13)17(19)16-12(3)9-11(2)10-15(16)18/h5-10,17H,4,19H2,1-3H3. The third-order valence-corrected chi connectivity index (χ3v) is 3.54. The molecule has 2 N–H and O–H groups in total. The van der Waals surface area contributed by atoms with Crippen LogP contribution >= 0.6 is 0 Å². The summed E-state index contributed by atoms with van der Waals surface area (Å²) in [6.45, 7) is 5.91. The molecule has 1 atom stereocenters. The monoisotopic (exact) mass is 257 g/mol. The molecule has 2 aromatic carbocycles. The highest BCUT2D eigenvalue weighted by molar-refractivity contribution is 5.40. The Kier molecular flexibility index (Phi) is 4.01. The molecule has 0 heterocycles. The third-order valence-electron chi connectivity index (χ3n) is 3.54. The number of benzene rings is 2. The van der Waals surface area contributed by atoms with Gasteiger partial charge in [-0.1, -0.05) is 37.3 Å². The van der Waals surface area contributed by atoms with Gasteiger partial charge in [-0.3, -0.25) is 0 Å². The molecule has 0 radical (unpaired) electrons. The lowest BCUT2D eigenvalue weighted by molar-refractivity contribution is 0.596. The van der Waals surface area contributed by atoms with Crippen molar-refractivity contribution in [2.75, 3.05) is 0 Å². The summed E-state index contributed by atoms with van der Waals surface area (Å²) in [4.78, 5) is 0. The molecular weight excluding hydrogens is 237 g/mol. The number of rotatable bonds is 3. The van der Waals surface area contributed by atoms with Gasteiger partial charge in [0.25, 0.3) is 0 Å². The van der Waals surface area contributed by atoms with Crippen molar-refractivity contribution in [3.8, 4) is 0 Å². The summed E-state index contributed by atoms with van der Waals surface area (Å²) in [6.07, 6.45) is 0.993. The minimum Gasteiger partial charge on any atom is -0.320 e. The second-order valence-electron chi connectivity index (χ2n) is 5.05. The topological polar surface area (TPSA) is 26.0 Å². The summed E-state index contributed by atoms with van der Waals surface area (Å²) in [5.41, 5.74) is 10.9. The summed E-state index contributed by atoms with van der Waals surface area (Å²) in [6, 6.07) is 11.2. The second-order valence-corrected chi connectivity index (χ2v) is 5.05. The lowest BCUT2D eigenvalue weighted by Gasteiger charge is -2.17. The summed E-state index contributed by atoms with van der Waals surface area (Å²) in [5.74, 6) is -0.218. The Morgan fingerprint density at radius 2 is 1.74 bits per heavy atom. The molecule has 2 rings (SSSR count). The van der Waals surface area contributed by atoms with E-state index in [0.717, 1.165) is 23.1 Å². The molecule has 19 heavy (non-hydrogen) atoms. The molecule has 0 saturated carbocycles. The van der Waals surface area contributed by atoms with Gasteiger partial charge in [-0.05, 0) is 48.6 Å². The zero-order valence-corrected chi connectivity index (χ0v) is 11.7. The molecule has 0 amide bonds. The minimum absolute atomic E-state index is 0.218. The van der Waals surface area contributed by atoms with Crippen molar-refractivity contribution in [3.05, 3.63) is 70.0 Å². The molecule has 0 aliphatic carbocycles. The highest BCUT2D eigenvalue weighted by Gasteiger charge is 2.16. The highest BCUT2D eigenvalue weighted by atomic mass is 19.1. The van der Waals surface area contributed by atoms with Crippen molar-refractivity contribution in [2.24, 2.45) is 5.73 Å². The van der Waals surface area contributed by atoms with Crippen LogP contribution in [0.3, 0.4) is 0 Å². The fraction of sp³-hybridized carbons (Fsp3) is 0.294. The van der Waals surface area contributed by atoms with Crippen LogP contribution in [0.2, 0.25) is 0 Å². The van der Waals surface area contributed by atoms with E-state index in [0.29, 0.717) is 5.56 Å². The van der Waals surface area contributed by atoms with E-state index >= 15 is 0 Å². The molecule has 1 nitrogen and oxygen atoms in total. The van der Waals surface area contributed by atoms with Crippen LogP contribution in [0, 0.1) is 19.7 Å². The van der Waals surface area contributed by atoms with Gasteiger partial charge >= 0.3 is 0 Å². The first-order valence-corrected chi connectivity index (χ1v) is 6.64. The average molecular weight is 257 g/mol. The van der Waals surface area contributed by atoms with Crippen LogP contribution in [0.25, 0.3) is 0 Å². The van der Waals surface area contributed by atoms with Gasteiger partial charge < -0.3 is 5.73 Å². The fourth-order valence-corrected chi connectivity index (χ4v) is 2.45. The molecule has 100 valence electrons. The first kappa shape index (κ1) is 13.8. The highest BCUT2D eigenvalue weighted by Crippen LogP contribution is 2.26. The maximum Gasteiger partial charge on any atom is 0.128 e. The third kappa shape index (κ3) is 2.85. The number of halogens is 1. The average Bonchev–Trinajstić information content (AvgIpc) is 2.37. The molecule has 0 fully saturated rings. The van der Waals surface area contributed by atoms with Gasteiger partial charge in [-0.2, -0.15) is 0 Å². The number of hydrogen-bond donors (Lipinski definition) is 1. The van der Waals surface area contributed by atoms with Gasteiger partial charge in [0.05, 0.1) is 6.04 Å². The van der Waals surface area contributed by atoms with Crippen molar-refractivity contribution < 1.29 is 4.39 Å². The lowest BCUT2D eigenvalue weighted by atomic mass is 9.93. The van der Waals surface area contributed by atoms with Crippen LogP contribution in [0.5, 0.6) is 0 Å². The maximum atomic E-state index is 14.1. The van der Waals surface area contributed by atoms with E-state index in [1.807, 2.05) is 32.0 Å². The SMILES string of the molecule is CCc1ccc(C(N)c2c(C)cc(C)cc2F)cc1. The predicted octanol–water partition coefficient (Wildman–Crippen LogP) is 4.05. The Bertz CT molecular complexity index is 549. The molecule has 0 aliphatic heterocycles. The van der Waals surface area contributed by atoms with E-state index in [-0.39, 0.29) is 5.82 Å². The van der Waals surface area contributed by atoms with Crippen LogP contribution in [0.4, 0.5) is 4.39 Å². The quantitative estimate of drug-likeness (QED) is 0.882. The Labute approximate surface area is 114 Å². The normalized spacial score (nSPS) is 12.5. The number of hydrogen-bond acceptors (Lipinski definition) is 1. The Balaban J connectivity index is 2.40. The van der Waals surface area contributed by atoms with Crippen molar-refractivity contribution in [3.63, 3.8) is 0 Å². The summed E-state index contributed by atoms with van der Waals surface area (Å²) < 4.78 is 14.1. The van der Waals surface area contributed by atoms with Crippen LogP contribution in [0.1, 0.15) is 40.8 Å². The Hall–Kier alpha value is -1.67. The van der Waals surface area contributed by atoms with Crippen molar-refractivity contribution in [1.82, 2.24) is 0 Å². The predicted molar refractivity (Wildman–Crippen MR) is 77.7 cm³/mol. The van der Waals surface area contributed by atoms with Gasteiger partial charge in [-0.25, -0.2) is 4.39 Å². The Morgan fingerprint density at radius 3 is 2.26 bits per heavy atom. The summed E-state index contributed by atoms with van der Waals surface area (Å²) in [5, 5.41) is 0. The van der Waals surface area contributed by atoms with Crippen molar-refractivity contribution in [1.29, 1.82) is 0 Å². The van der Waals surface area contributed by atoms with E-state index in [2.05, 4.69) is 19.1 Å². The van der Waals surface area contributed by atoms with Gasteiger partial charge in [-0.15, -0.1) is 0 Å². The van der Waals surface area contributed by atoms with Crippen LogP contribution in [0.15, 0.2) is 36.4 Å². The first-order chi connectivity index (χ1) is 9.02. The zero-order chi connectivity index (χ0) is 14.0. The van der Waals surface area contributed by atoms with Gasteiger partial charge in [0.1, 0.15) is 5.82 Å². The fourth-order valence-electron chi connectivity index (χ4n) is 2.45. The number of aryl methyl sites for hydroxylation is 3. The molecule has 1 unspecified atom stereocenters. The van der Waals surface area contributed by atoms with E-state index in [1.54, 1.807) is 6.07 Å². The van der Waals surface area contributed by atoms with Crippen molar-refractivity contribution in [2.45, 2.75) is 33.2 Å². The minimum atomic E-state index is -0.411. The second kappa shape index (κ2) is 5.54. The molecule has 2 aromatic rings. The largest absolute Gasteiger partial charge is 0.320 e. The molecule has 0 aliphatic rings. The van der Waals surface area contributed by atoms with Gasteiger partial charge in [0.15, 0.2) is 0 Å². The number of nitrogens with two attached hydrogens (primary N) is 1. The van der Waals surface area contributed by atoms with Crippen LogP contribution < -0.4 is 5.73 Å². The molecule has 2 heteroatoms. The summed E-state index contributed by atoms with van der Waals surface area (Å²) in [7, 11) is 0. The van der Waals surface area contributed by atoms with Gasteiger partial charge in [0.2, 0.25) is 0 Å². The molecular formula is C17H20FN. The molecule has 0 bridgehead atoms. The van der Waals surface area contributed by atoms with Crippen molar-refractivity contribution >= 4 is 0 Å². The lowest BCUT2D eigenvalue weighted by Crippen LogP contribution is -2.15. The van der Waals surface area contributed by atoms with Gasteiger partial charge in [0, 0.05) is 5.56 Å². The summed E-state index contributed by atoms with van der Waals surface area (Å²) >= 11 is 0. The van der Waals surface area contributed by atoms with Crippen LogP contribution in [-0.4, -0.2) is 0 Å². The first-order valence-electron chi connectivity index (χ1n) is 6.64. The van der Waals surface area contributed by atoms with E-state index in [4.69, 9.17) is 5.73 Å². The Morgan fingerprint density at radius 1 is 1.11 bits per heavy atom. The zero-order valence-electron chi connectivity index (χ0n) is 11.7. The smallest absolute Gasteiger partial charge is 0.128 e. The van der Waals surface area contributed by atoms with E-state index < -0.39 is 6.04 Å². The molecule has 0 spiro atoms. The van der Waals surface area contributed by atoms with E-state index in [1.165, 1.54) is 5.56 Å². The molecule has 0 aromatic heterocycles. The molecule has 0 saturated heterocycles.